The van der Waals surface area contributed by atoms with Crippen molar-refractivity contribution in [2.24, 2.45) is 11.7 Å². The van der Waals surface area contributed by atoms with Crippen molar-refractivity contribution in [1.82, 2.24) is 4.90 Å². The molecule has 14 heavy (non-hydrogen) atoms. The number of carbonyl (C=O) groups is 1. The first kappa shape index (κ1) is 9.97. The first-order chi connectivity index (χ1) is 6.83. The highest BCUT2D eigenvalue weighted by molar-refractivity contribution is 5.78. The summed E-state index contributed by atoms with van der Waals surface area (Å²) in [5.41, 5.74) is 5.42. The Bertz CT molecular complexity index is 211. The van der Waals surface area contributed by atoms with E-state index >= 15 is 0 Å². The van der Waals surface area contributed by atoms with E-state index in [4.69, 9.17) is 5.73 Å². The van der Waals surface area contributed by atoms with Gasteiger partial charge in [0.25, 0.3) is 0 Å². The van der Waals surface area contributed by atoms with Gasteiger partial charge in [-0.2, -0.15) is 0 Å². The maximum Gasteiger partial charge on any atom is 0.236 e. The number of amides is 1. The Morgan fingerprint density at radius 3 is 2.57 bits per heavy atom. The van der Waals surface area contributed by atoms with Crippen LogP contribution in [-0.2, 0) is 4.79 Å². The van der Waals surface area contributed by atoms with Crippen LogP contribution in [0.4, 0.5) is 0 Å². The number of hydrogen-bond donors (Lipinski definition) is 1. The molecule has 1 saturated carbocycles. The van der Waals surface area contributed by atoms with Crippen LogP contribution in [0.25, 0.3) is 0 Å². The lowest BCUT2D eigenvalue weighted by Gasteiger charge is -2.29. The Morgan fingerprint density at radius 1 is 1.21 bits per heavy atom. The van der Waals surface area contributed by atoms with Crippen molar-refractivity contribution in [1.29, 1.82) is 0 Å². The van der Waals surface area contributed by atoms with E-state index in [1.54, 1.807) is 0 Å². The maximum atomic E-state index is 11.6. The van der Waals surface area contributed by atoms with Gasteiger partial charge in [0.2, 0.25) is 5.91 Å². The van der Waals surface area contributed by atoms with Crippen LogP contribution in [0.1, 0.15) is 38.5 Å². The van der Waals surface area contributed by atoms with Crippen LogP contribution in [0.5, 0.6) is 0 Å². The molecule has 1 unspecified atom stereocenters. The molecule has 2 aliphatic rings. The quantitative estimate of drug-likeness (QED) is 0.719. The van der Waals surface area contributed by atoms with Crippen LogP contribution >= 0.6 is 0 Å². The molecule has 1 aliphatic carbocycles. The van der Waals surface area contributed by atoms with Crippen molar-refractivity contribution in [2.75, 3.05) is 13.1 Å². The minimum atomic E-state index is 0.152. The Hall–Kier alpha value is -0.570. The van der Waals surface area contributed by atoms with Gasteiger partial charge in [-0.3, -0.25) is 4.79 Å². The first-order valence-electron chi connectivity index (χ1n) is 5.82. The van der Waals surface area contributed by atoms with Crippen molar-refractivity contribution in [3.63, 3.8) is 0 Å². The molecule has 1 saturated heterocycles. The molecule has 1 heterocycles. The zero-order valence-electron chi connectivity index (χ0n) is 8.74. The third-order valence-electron chi connectivity index (χ3n) is 3.74. The van der Waals surface area contributed by atoms with Crippen molar-refractivity contribution >= 4 is 5.91 Å². The largest absolute Gasteiger partial charge is 0.338 e. The lowest BCUT2D eigenvalue weighted by molar-refractivity contribution is -0.131. The molecule has 1 atom stereocenters. The van der Waals surface area contributed by atoms with Crippen LogP contribution in [0.15, 0.2) is 0 Å². The Balaban J connectivity index is 1.98. The molecule has 80 valence electrons. The van der Waals surface area contributed by atoms with Gasteiger partial charge in [0.05, 0.1) is 6.54 Å². The van der Waals surface area contributed by atoms with Crippen molar-refractivity contribution in [3.8, 4) is 0 Å². The zero-order valence-corrected chi connectivity index (χ0v) is 8.74. The topological polar surface area (TPSA) is 46.3 Å². The van der Waals surface area contributed by atoms with E-state index < -0.39 is 0 Å². The second-order valence-electron chi connectivity index (χ2n) is 4.55. The van der Waals surface area contributed by atoms with Gasteiger partial charge in [0.15, 0.2) is 0 Å². The lowest BCUT2D eigenvalue weighted by atomic mass is 9.96. The molecule has 3 nitrogen and oxygen atoms in total. The smallest absolute Gasteiger partial charge is 0.236 e. The number of nitrogens with zero attached hydrogens (tertiary/aromatic N) is 1. The standard InChI is InChI=1S/C11H20N2O/c12-8-11(14)13-7-3-6-10(13)9-4-1-2-5-9/h9-10H,1-8,12H2. The van der Waals surface area contributed by atoms with Gasteiger partial charge in [0, 0.05) is 12.6 Å². The molecule has 2 rings (SSSR count). The highest BCUT2D eigenvalue weighted by Crippen LogP contribution is 2.35. The van der Waals surface area contributed by atoms with Crippen molar-refractivity contribution < 1.29 is 4.79 Å². The Morgan fingerprint density at radius 2 is 1.93 bits per heavy atom. The third kappa shape index (κ3) is 1.78. The van der Waals surface area contributed by atoms with E-state index in [1.165, 1.54) is 38.5 Å². The van der Waals surface area contributed by atoms with Gasteiger partial charge in [-0.25, -0.2) is 0 Å². The summed E-state index contributed by atoms with van der Waals surface area (Å²) < 4.78 is 0. The second-order valence-corrected chi connectivity index (χ2v) is 4.55. The minimum absolute atomic E-state index is 0.152. The Kier molecular flexibility index (Phi) is 3.06. The SMILES string of the molecule is NCC(=O)N1CCCC1C1CCCC1. The maximum absolute atomic E-state index is 11.6. The van der Waals surface area contributed by atoms with Gasteiger partial charge in [0.1, 0.15) is 0 Å². The summed E-state index contributed by atoms with van der Waals surface area (Å²) in [5.74, 6) is 0.924. The summed E-state index contributed by atoms with van der Waals surface area (Å²) in [6.07, 6.45) is 7.72. The average molecular weight is 196 g/mol. The zero-order chi connectivity index (χ0) is 9.97. The third-order valence-corrected chi connectivity index (χ3v) is 3.74. The summed E-state index contributed by atoms with van der Waals surface area (Å²) in [6.45, 7) is 1.13. The van der Waals surface area contributed by atoms with Crippen LogP contribution in [-0.4, -0.2) is 29.9 Å². The fourth-order valence-corrected chi connectivity index (χ4v) is 3.05. The number of rotatable bonds is 2. The normalized spacial score (nSPS) is 28.6. The molecule has 2 fully saturated rings. The van der Waals surface area contributed by atoms with E-state index in [0.717, 1.165) is 12.5 Å². The van der Waals surface area contributed by atoms with Gasteiger partial charge in [-0.05, 0) is 31.6 Å². The van der Waals surface area contributed by atoms with Crippen LogP contribution in [0, 0.1) is 5.92 Å². The molecule has 2 N–H and O–H groups in total. The summed E-state index contributed by atoms with van der Waals surface area (Å²) in [7, 11) is 0. The van der Waals surface area contributed by atoms with Gasteiger partial charge < -0.3 is 10.6 Å². The molecule has 3 heteroatoms. The van der Waals surface area contributed by atoms with Gasteiger partial charge in [-0.15, -0.1) is 0 Å². The van der Waals surface area contributed by atoms with E-state index in [-0.39, 0.29) is 12.5 Å². The summed E-state index contributed by atoms with van der Waals surface area (Å²) >= 11 is 0. The Labute approximate surface area is 85.6 Å². The first-order valence-corrected chi connectivity index (χ1v) is 5.82. The summed E-state index contributed by atoms with van der Waals surface area (Å²) in [5, 5.41) is 0. The van der Waals surface area contributed by atoms with Crippen LogP contribution < -0.4 is 5.73 Å². The molecular weight excluding hydrogens is 176 g/mol. The average Bonchev–Trinajstić information content (AvgIpc) is 2.85. The van der Waals surface area contributed by atoms with Crippen LogP contribution in [0.3, 0.4) is 0 Å². The second kappa shape index (κ2) is 4.30. The molecule has 0 aromatic rings. The number of likely N-dealkylation sites (tertiary alicyclic amines) is 1. The number of hydrogen-bond acceptors (Lipinski definition) is 2. The lowest BCUT2D eigenvalue weighted by Crippen LogP contribution is -2.42. The molecule has 0 spiro atoms. The van der Waals surface area contributed by atoms with E-state index in [0.29, 0.717) is 6.04 Å². The number of nitrogens with two attached hydrogens (primary N) is 1. The minimum Gasteiger partial charge on any atom is -0.338 e. The van der Waals surface area contributed by atoms with Crippen molar-refractivity contribution in [3.05, 3.63) is 0 Å². The van der Waals surface area contributed by atoms with E-state index in [9.17, 15) is 4.79 Å². The summed E-state index contributed by atoms with van der Waals surface area (Å²) in [4.78, 5) is 13.6. The van der Waals surface area contributed by atoms with Crippen molar-refractivity contribution in [2.45, 2.75) is 44.6 Å². The monoisotopic (exact) mass is 196 g/mol. The molecule has 1 aliphatic heterocycles. The highest BCUT2D eigenvalue weighted by Gasteiger charge is 2.35. The molecule has 0 radical (unpaired) electrons. The highest BCUT2D eigenvalue weighted by atomic mass is 16.2. The van der Waals surface area contributed by atoms with Crippen LogP contribution in [0.2, 0.25) is 0 Å². The number of carbonyl (C=O) groups excluding carboxylic acids is 1. The van der Waals surface area contributed by atoms with E-state index in [1.807, 2.05) is 4.90 Å². The fraction of sp³-hybridized carbons (Fsp3) is 0.909. The molecule has 0 bridgehead atoms. The van der Waals surface area contributed by atoms with Gasteiger partial charge in [-0.1, -0.05) is 12.8 Å². The molecule has 0 aromatic heterocycles. The summed E-state index contributed by atoms with van der Waals surface area (Å²) in [6, 6.07) is 0.522. The van der Waals surface area contributed by atoms with E-state index in [2.05, 4.69) is 0 Å². The van der Waals surface area contributed by atoms with Gasteiger partial charge >= 0.3 is 0 Å². The predicted molar refractivity (Wildman–Crippen MR) is 55.7 cm³/mol. The fourth-order valence-electron chi connectivity index (χ4n) is 3.05. The molecule has 1 amide bonds. The predicted octanol–water partition coefficient (Wildman–Crippen LogP) is 1.13. The molecule has 0 aromatic carbocycles. The molecular formula is C11H20N2O.